The van der Waals surface area contributed by atoms with Crippen molar-refractivity contribution in [2.24, 2.45) is 11.8 Å². The van der Waals surface area contributed by atoms with Crippen LogP contribution in [0.5, 0.6) is 11.5 Å². The topological polar surface area (TPSA) is 18.5 Å². The van der Waals surface area contributed by atoms with E-state index < -0.39 is 0 Å². The molecule has 0 aliphatic carbocycles. The van der Waals surface area contributed by atoms with E-state index in [1.165, 1.54) is 73.3 Å². The minimum absolute atomic E-state index is 0.548. The molecule has 0 aliphatic heterocycles. The molecule has 3 aromatic rings. The van der Waals surface area contributed by atoms with Crippen LogP contribution in [0.25, 0.3) is 21.5 Å². The summed E-state index contributed by atoms with van der Waals surface area (Å²) in [6.45, 7) is 15.0. The van der Waals surface area contributed by atoms with Crippen LogP contribution in [0.2, 0.25) is 0 Å². The summed E-state index contributed by atoms with van der Waals surface area (Å²) in [6.07, 6.45) is 10.1. The number of fused-ring (bicyclic) bond motifs is 2. The Balaban J connectivity index is 1.97. The number of unbranched alkanes of at least 4 members (excludes halogenated alkanes) is 4. The van der Waals surface area contributed by atoms with E-state index in [9.17, 15) is 0 Å². The second kappa shape index (κ2) is 13.0. The molecule has 0 heterocycles. The first-order chi connectivity index (χ1) is 16.4. The molecular weight excluding hydrogens is 416 g/mol. The highest BCUT2D eigenvalue weighted by Crippen LogP contribution is 2.44. The van der Waals surface area contributed by atoms with Crippen LogP contribution in [0, 0.1) is 25.7 Å². The lowest BCUT2D eigenvalue weighted by molar-refractivity contribution is 0.250. The largest absolute Gasteiger partial charge is 0.492 e. The quantitative estimate of drug-likeness (QED) is 0.175. The highest BCUT2D eigenvalue weighted by molar-refractivity contribution is 6.11. The van der Waals surface area contributed by atoms with Gasteiger partial charge in [0.2, 0.25) is 0 Å². The molecule has 0 N–H and O–H groups in total. The molecule has 0 spiro atoms. The molecule has 2 nitrogen and oxygen atoms in total. The SMILES string of the molecule is CCCCCC(C)COc1c2ccc(C)cc2c(OCC(C)CCCCC)c2ccc(C)cc12. The Morgan fingerprint density at radius 3 is 1.38 bits per heavy atom. The first kappa shape index (κ1) is 26.4. The molecule has 3 aromatic carbocycles. The molecule has 2 unspecified atom stereocenters. The van der Waals surface area contributed by atoms with Crippen molar-refractivity contribution in [2.75, 3.05) is 13.2 Å². The third-order valence-corrected chi connectivity index (χ3v) is 6.95. The van der Waals surface area contributed by atoms with Gasteiger partial charge in [-0.3, -0.25) is 0 Å². The van der Waals surface area contributed by atoms with Crippen LogP contribution < -0.4 is 9.47 Å². The molecule has 0 saturated heterocycles. The number of hydrogen-bond donors (Lipinski definition) is 0. The highest BCUT2D eigenvalue weighted by Gasteiger charge is 2.18. The minimum Gasteiger partial charge on any atom is -0.492 e. The summed E-state index contributed by atoms with van der Waals surface area (Å²) in [7, 11) is 0. The maximum atomic E-state index is 6.61. The van der Waals surface area contributed by atoms with Gasteiger partial charge in [-0.15, -0.1) is 0 Å². The van der Waals surface area contributed by atoms with Gasteiger partial charge in [-0.1, -0.05) is 102 Å². The molecule has 0 amide bonds. The van der Waals surface area contributed by atoms with E-state index in [4.69, 9.17) is 9.47 Å². The Morgan fingerprint density at radius 1 is 0.588 bits per heavy atom. The average Bonchev–Trinajstić information content (AvgIpc) is 2.81. The van der Waals surface area contributed by atoms with Crippen molar-refractivity contribution < 1.29 is 9.47 Å². The second-order valence-electron chi connectivity index (χ2n) is 10.6. The zero-order chi connectivity index (χ0) is 24.5. The molecular formula is C32H46O2. The van der Waals surface area contributed by atoms with Crippen molar-refractivity contribution in [3.63, 3.8) is 0 Å². The molecule has 3 rings (SSSR count). The van der Waals surface area contributed by atoms with E-state index in [0.717, 1.165) is 35.5 Å². The molecule has 2 atom stereocenters. The predicted molar refractivity (Wildman–Crippen MR) is 149 cm³/mol. The Kier molecular flexibility index (Phi) is 10.1. The van der Waals surface area contributed by atoms with Crippen molar-refractivity contribution in [3.8, 4) is 11.5 Å². The van der Waals surface area contributed by atoms with Crippen LogP contribution in [-0.2, 0) is 0 Å². The van der Waals surface area contributed by atoms with E-state index in [-0.39, 0.29) is 0 Å². The second-order valence-corrected chi connectivity index (χ2v) is 10.6. The van der Waals surface area contributed by atoms with Crippen molar-refractivity contribution in [3.05, 3.63) is 47.5 Å². The molecule has 2 heteroatoms. The Labute approximate surface area is 208 Å². The fourth-order valence-corrected chi connectivity index (χ4v) is 4.79. The summed E-state index contributed by atoms with van der Waals surface area (Å²) in [5.74, 6) is 3.12. The van der Waals surface area contributed by atoms with E-state index in [0.29, 0.717) is 11.8 Å². The standard InChI is InChI=1S/C32H46O2/c1-7-9-11-13-25(5)21-33-31-27-17-15-24(4)20-30(27)32(28-18-16-23(3)19-29(28)31)34-22-26(6)14-12-10-8-2/h15-20,25-26H,7-14,21-22H2,1-6H3. The smallest absolute Gasteiger partial charge is 0.135 e. The van der Waals surface area contributed by atoms with Crippen LogP contribution in [0.15, 0.2) is 36.4 Å². The van der Waals surface area contributed by atoms with Crippen LogP contribution >= 0.6 is 0 Å². The van der Waals surface area contributed by atoms with Gasteiger partial charge in [0.25, 0.3) is 0 Å². The normalized spacial score (nSPS) is 13.4. The molecule has 0 saturated carbocycles. The lowest BCUT2D eigenvalue weighted by atomic mass is 9.97. The average molecular weight is 463 g/mol. The molecule has 186 valence electrons. The number of benzene rings is 3. The van der Waals surface area contributed by atoms with Gasteiger partial charge in [0, 0.05) is 21.5 Å². The number of ether oxygens (including phenoxy) is 2. The van der Waals surface area contributed by atoms with Crippen LogP contribution in [0.1, 0.15) is 90.2 Å². The maximum absolute atomic E-state index is 6.61. The Morgan fingerprint density at radius 2 is 1.00 bits per heavy atom. The molecule has 0 bridgehead atoms. The van der Waals surface area contributed by atoms with Crippen LogP contribution in [-0.4, -0.2) is 13.2 Å². The van der Waals surface area contributed by atoms with Gasteiger partial charge in [0.15, 0.2) is 0 Å². The van der Waals surface area contributed by atoms with Crippen LogP contribution in [0.3, 0.4) is 0 Å². The van der Waals surface area contributed by atoms with Crippen molar-refractivity contribution in [2.45, 2.75) is 92.9 Å². The summed E-state index contributed by atoms with van der Waals surface area (Å²) in [6, 6.07) is 13.4. The van der Waals surface area contributed by atoms with Crippen molar-refractivity contribution in [1.82, 2.24) is 0 Å². The molecule has 34 heavy (non-hydrogen) atoms. The van der Waals surface area contributed by atoms with E-state index in [1.807, 2.05) is 0 Å². The van der Waals surface area contributed by atoms with Gasteiger partial charge < -0.3 is 9.47 Å². The van der Waals surface area contributed by atoms with E-state index in [1.54, 1.807) is 0 Å². The van der Waals surface area contributed by atoms with Crippen molar-refractivity contribution >= 4 is 21.5 Å². The highest BCUT2D eigenvalue weighted by atomic mass is 16.5. The fourth-order valence-electron chi connectivity index (χ4n) is 4.79. The Bertz CT molecular complexity index is 966. The lowest BCUT2D eigenvalue weighted by Crippen LogP contribution is -2.11. The monoisotopic (exact) mass is 462 g/mol. The maximum Gasteiger partial charge on any atom is 0.135 e. The van der Waals surface area contributed by atoms with Crippen molar-refractivity contribution in [1.29, 1.82) is 0 Å². The molecule has 0 fully saturated rings. The molecule has 0 aromatic heterocycles. The zero-order valence-corrected chi connectivity index (χ0v) is 22.5. The van der Waals surface area contributed by atoms with Gasteiger partial charge >= 0.3 is 0 Å². The summed E-state index contributed by atoms with van der Waals surface area (Å²) >= 11 is 0. The fraction of sp³-hybridized carbons (Fsp3) is 0.562. The predicted octanol–water partition coefficient (Wildman–Crippen LogP) is 9.80. The van der Waals surface area contributed by atoms with Gasteiger partial charge in [0.05, 0.1) is 13.2 Å². The Hall–Kier alpha value is -2.22. The number of hydrogen-bond acceptors (Lipinski definition) is 2. The zero-order valence-electron chi connectivity index (χ0n) is 22.5. The lowest BCUT2D eigenvalue weighted by Gasteiger charge is -2.21. The summed E-state index contributed by atoms with van der Waals surface area (Å²) < 4.78 is 13.2. The third kappa shape index (κ3) is 6.90. The summed E-state index contributed by atoms with van der Waals surface area (Å²) in [5, 5.41) is 4.67. The van der Waals surface area contributed by atoms with Gasteiger partial charge in [0.1, 0.15) is 11.5 Å². The third-order valence-electron chi connectivity index (χ3n) is 6.95. The number of rotatable bonds is 14. The summed E-state index contributed by atoms with van der Waals surface area (Å²) in [5.41, 5.74) is 2.50. The molecule has 0 radical (unpaired) electrons. The first-order valence-electron chi connectivity index (χ1n) is 13.7. The summed E-state index contributed by atoms with van der Waals surface area (Å²) in [4.78, 5) is 0. The first-order valence-corrected chi connectivity index (χ1v) is 13.7. The van der Waals surface area contributed by atoms with Gasteiger partial charge in [-0.05, 0) is 50.7 Å². The van der Waals surface area contributed by atoms with E-state index in [2.05, 4.69) is 77.9 Å². The molecule has 0 aliphatic rings. The van der Waals surface area contributed by atoms with Gasteiger partial charge in [-0.2, -0.15) is 0 Å². The van der Waals surface area contributed by atoms with Crippen LogP contribution in [0.4, 0.5) is 0 Å². The number of aryl methyl sites for hydroxylation is 2. The van der Waals surface area contributed by atoms with E-state index >= 15 is 0 Å². The minimum atomic E-state index is 0.548. The van der Waals surface area contributed by atoms with Gasteiger partial charge in [-0.25, -0.2) is 0 Å².